The fourth-order valence-electron chi connectivity index (χ4n) is 2.61. The highest BCUT2D eigenvalue weighted by Crippen LogP contribution is 2.28. The average molecular weight is 252 g/mol. The van der Waals surface area contributed by atoms with E-state index >= 15 is 0 Å². The summed E-state index contributed by atoms with van der Waals surface area (Å²) in [6, 6.07) is -0.00884. The first-order valence-corrected chi connectivity index (χ1v) is 6.36. The standard InChI is InChI=1S/C10H12N4O2S/c15-9-6-2-1-3-14(8(6)5-11-9)10(16)7-4-12-17-13-7/h4,6,8H,1-3,5H2,(H,11,15)/t6-,8-/m1/s1. The molecule has 0 radical (unpaired) electrons. The highest BCUT2D eigenvalue weighted by atomic mass is 32.1. The van der Waals surface area contributed by atoms with Gasteiger partial charge in [-0.1, -0.05) is 0 Å². The van der Waals surface area contributed by atoms with Crippen molar-refractivity contribution < 1.29 is 9.59 Å². The highest BCUT2D eigenvalue weighted by Gasteiger charge is 2.43. The van der Waals surface area contributed by atoms with Crippen LogP contribution in [-0.4, -0.2) is 44.6 Å². The quantitative estimate of drug-likeness (QED) is 0.756. The van der Waals surface area contributed by atoms with Crippen LogP contribution in [0.1, 0.15) is 23.3 Å². The van der Waals surface area contributed by atoms with Gasteiger partial charge in [0.1, 0.15) is 0 Å². The summed E-state index contributed by atoms with van der Waals surface area (Å²) in [5.74, 6) is -0.0758. The summed E-state index contributed by atoms with van der Waals surface area (Å²) in [5, 5.41) is 2.83. The maximum atomic E-state index is 12.2. The fourth-order valence-corrected chi connectivity index (χ4v) is 3.02. The molecule has 2 fully saturated rings. The predicted molar refractivity (Wildman–Crippen MR) is 60.5 cm³/mol. The second-order valence-electron chi connectivity index (χ2n) is 4.35. The van der Waals surface area contributed by atoms with E-state index in [1.807, 2.05) is 0 Å². The van der Waals surface area contributed by atoms with Crippen molar-refractivity contribution >= 4 is 23.5 Å². The molecule has 1 N–H and O–H groups in total. The Morgan fingerprint density at radius 1 is 1.59 bits per heavy atom. The van der Waals surface area contributed by atoms with Gasteiger partial charge in [-0.15, -0.1) is 0 Å². The summed E-state index contributed by atoms with van der Waals surface area (Å²) < 4.78 is 7.80. The predicted octanol–water partition coefficient (Wildman–Crippen LogP) is -0.111. The Bertz CT molecular complexity index is 447. The van der Waals surface area contributed by atoms with Crippen LogP contribution in [0.3, 0.4) is 0 Å². The van der Waals surface area contributed by atoms with E-state index < -0.39 is 0 Å². The van der Waals surface area contributed by atoms with E-state index in [4.69, 9.17) is 0 Å². The molecule has 1 aromatic rings. The Morgan fingerprint density at radius 3 is 3.24 bits per heavy atom. The highest BCUT2D eigenvalue weighted by molar-refractivity contribution is 6.99. The monoisotopic (exact) mass is 252 g/mol. The molecule has 0 aliphatic carbocycles. The number of rotatable bonds is 1. The molecule has 2 amide bonds. The SMILES string of the molecule is O=C1NC[C@@H]2[C@H]1CCCN2C(=O)c1cnsn1. The second-order valence-corrected chi connectivity index (χ2v) is 4.91. The topological polar surface area (TPSA) is 75.2 Å². The van der Waals surface area contributed by atoms with Gasteiger partial charge in [-0.05, 0) is 12.8 Å². The minimum atomic E-state index is -0.107. The fraction of sp³-hybridized carbons (Fsp3) is 0.600. The minimum absolute atomic E-state index is 0.00884. The molecule has 1 aromatic heterocycles. The van der Waals surface area contributed by atoms with Crippen molar-refractivity contribution in [1.29, 1.82) is 0 Å². The van der Waals surface area contributed by atoms with Crippen LogP contribution in [-0.2, 0) is 4.79 Å². The molecule has 2 atom stereocenters. The molecule has 3 rings (SSSR count). The Hall–Kier alpha value is -1.50. The molecule has 0 aromatic carbocycles. The zero-order chi connectivity index (χ0) is 11.8. The van der Waals surface area contributed by atoms with Crippen molar-refractivity contribution in [3.8, 4) is 0 Å². The van der Waals surface area contributed by atoms with E-state index in [9.17, 15) is 9.59 Å². The Kier molecular flexibility index (Phi) is 2.54. The molecule has 2 aliphatic rings. The largest absolute Gasteiger partial charge is 0.354 e. The van der Waals surface area contributed by atoms with Crippen LogP contribution in [0.15, 0.2) is 6.20 Å². The molecule has 0 saturated carbocycles. The third-order valence-corrected chi connectivity index (χ3v) is 3.92. The van der Waals surface area contributed by atoms with Crippen molar-refractivity contribution in [3.63, 3.8) is 0 Å². The third kappa shape index (κ3) is 1.70. The van der Waals surface area contributed by atoms with Crippen LogP contribution < -0.4 is 5.32 Å². The van der Waals surface area contributed by atoms with Gasteiger partial charge in [0, 0.05) is 13.1 Å². The first-order chi connectivity index (χ1) is 8.27. The Morgan fingerprint density at radius 2 is 2.47 bits per heavy atom. The van der Waals surface area contributed by atoms with Crippen molar-refractivity contribution in [1.82, 2.24) is 19.0 Å². The van der Waals surface area contributed by atoms with Crippen LogP contribution in [0.2, 0.25) is 0 Å². The third-order valence-electron chi connectivity index (χ3n) is 3.44. The van der Waals surface area contributed by atoms with Crippen molar-refractivity contribution in [2.24, 2.45) is 5.92 Å². The first kappa shape index (κ1) is 10.6. The number of nitrogens with zero attached hydrogens (tertiary/aromatic N) is 3. The van der Waals surface area contributed by atoms with Gasteiger partial charge in [0.05, 0.1) is 29.9 Å². The molecular weight excluding hydrogens is 240 g/mol. The normalized spacial score (nSPS) is 27.8. The van der Waals surface area contributed by atoms with Crippen LogP contribution in [0, 0.1) is 5.92 Å². The van der Waals surface area contributed by atoms with Gasteiger partial charge >= 0.3 is 0 Å². The lowest BCUT2D eigenvalue weighted by molar-refractivity contribution is -0.123. The van der Waals surface area contributed by atoms with E-state index in [1.165, 1.54) is 6.20 Å². The van der Waals surface area contributed by atoms with Crippen LogP contribution in [0.4, 0.5) is 0 Å². The molecular formula is C10H12N4O2S. The lowest BCUT2D eigenvalue weighted by Gasteiger charge is -2.35. The van der Waals surface area contributed by atoms with Gasteiger partial charge in [0.2, 0.25) is 5.91 Å². The van der Waals surface area contributed by atoms with E-state index in [0.29, 0.717) is 18.8 Å². The van der Waals surface area contributed by atoms with E-state index in [-0.39, 0.29) is 23.8 Å². The van der Waals surface area contributed by atoms with Crippen molar-refractivity contribution in [2.75, 3.05) is 13.1 Å². The zero-order valence-electron chi connectivity index (χ0n) is 9.13. The van der Waals surface area contributed by atoms with Gasteiger partial charge in [0.15, 0.2) is 5.69 Å². The Labute approximate surface area is 102 Å². The lowest BCUT2D eigenvalue weighted by atomic mass is 9.91. The number of aromatic nitrogens is 2. The second kappa shape index (κ2) is 4.06. The number of likely N-dealkylation sites (tertiary alicyclic amines) is 1. The van der Waals surface area contributed by atoms with Crippen LogP contribution >= 0.6 is 11.7 Å². The molecule has 7 heteroatoms. The maximum Gasteiger partial charge on any atom is 0.275 e. The molecule has 2 saturated heterocycles. The average Bonchev–Trinajstić information content (AvgIpc) is 2.98. The van der Waals surface area contributed by atoms with Crippen LogP contribution in [0.5, 0.6) is 0 Å². The first-order valence-electron chi connectivity index (χ1n) is 5.63. The number of amides is 2. The number of carbonyl (C=O) groups is 2. The number of piperidine rings is 1. The van der Waals surface area contributed by atoms with Gasteiger partial charge in [0.25, 0.3) is 5.91 Å². The molecule has 2 aliphatic heterocycles. The maximum absolute atomic E-state index is 12.2. The number of fused-ring (bicyclic) bond motifs is 1. The summed E-state index contributed by atoms with van der Waals surface area (Å²) in [7, 11) is 0. The summed E-state index contributed by atoms with van der Waals surface area (Å²) in [5.41, 5.74) is 0.384. The number of hydrogen-bond donors (Lipinski definition) is 1. The molecule has 3 heterocycles. The Balaban J connectivity index is 1.83. The van der Waals surface area contributed by atoms with Gasteiger partial charge in [-0.2, -0.15) is 8.75 Å². The van der Waals surface area contributed by atoms with Gasteiger partial charge in [-0.3, -0.25) is 9.59 Å². The van der Waals surface area contributed by atoms with E-state index in [0.717, 1.165) is 24.6 Å². The minimum Gasteiger partial charge on any atom is -0.354 e. The zero-order valence-corrected chi connectivity index (χ0v) is 9.94. The number of carbonyl (C=O) groups excluding carboxylic acids is 2. The molecule has 0 spiro atoms. The van der Waals surface area contributed by atoms with E-state index in [2.05, 4.69) is 14.1 Å². The smallest absolute Gasteiger partial charge is 0.275 e. The van der Waals surface area contributed by atoms with E-state index in [1.54, 1.807) is 4.90 Å². The summed E-state index contributed by atoms with van der Waals surface area (Å²) in [6.07, 6.45) is 3.23. The van der Waals surface area contributed by atoms with Crippen molar-refractivity contribution in [3.05, 3.63) is 11.9 Å². The molecule has 17 heavy (non-hydrogen) atoms. The lowest BCUT2D eigenvalue weighted by Crippen LogP contribution is -2.48. The molecule has 0 bridgehead atoms. The summed E-state index contributed by atoms with van der Waals surface area (Å²) in [6.45, 7) is 1.26. The molecule has 0 unspecified atom stereocenters. The van der Waals surface area contributed by atoms with Gasteiger partial charge < -0.3 is 10.2 Å². The van der Waals surface area contributed by atoms with Crippen LogP contribution in [0.25, 0.3) is 0 Å². The van der Waals surface area contributed by atoms with Gasteiger partial charge in [-0.25, -0.2) is 0 Å². The molecule has 6 nitrogen and oxygen atoms in total. The molecule has 90 valence electrons. The number of nitrogens with one attached hydrogen (secondary N) is 1. The number of hydrogen-bond acceptors (Lipinski definition) is 5. The summed E-state index contributed by atoms with van der Waals surface area (Å²) >= 11 is 1.03. The summed E-state index contributed by atoms with van der Waals surface area (Å²) in [4.78, 5) is 25.6. The van der Waals surface area contributed by atoms with Crippen molar-refractivity contribution in [2.45, 2.75) is 18.9 Å².